The molecule has 8 heteroatoms. The van der Waals surface area contributed by atoms with Gasteiger partial charge in [-0.25, -0.2) is 4.98 Å². The predicted octanol–water partition coefficient (Wildman–Crippen LogP) is 3.91. The predicted molar refractivity (Wildman–Crippen MR) is 109 cm³/mol. The summed E-state index contributed by atoms with van der Waals surface area (Å²) >= 11 is 1.44. The van der Waals surface area contributed by atoms with Gasteiger partial charge in [-0.15, -0.1) is 0 Å². The minimum atomic E-state index is -0.180. The van der Waals surface area contributed by atoms with Gasteiger partial charge in [0.2, 0.25) is 6.41 Å². The SMILES string of the molecule is COC(=O)CCCCCCN(C=O)c1cnc(-c2ccc(OC)cc2OC)s1. The number of nitrogens with zero attached hydrogens (tertiary/aromatic N) is 2. The summed E-state index contributed by atoms with van der Waals surface area (Å²) in [6.07, 6.45) is 6.51. The van der Waals surface area contributed by atoms with E-state index in [1.807, 2.05) is 18.2 Å². The van der Waals surface area contributed by atoms with Gasteiger partial charge in [0.1, 0.15) is 21.5 Å². The third-order valence-electron chi connectivity index (χ3n) is 4.30. The lowest BCUT2D eigenvalue weighted by Crippen LogP contribution is -2.21. The van der Waals surface area contributed by atoms with Crippen molar-refractivity contribution in [3.8, 4) is 22.1 Å². The van der Waals surface area contributed by atoms with Gasteiger partial charge in [0.15, 0.2) is 0 Å². The van der Waals surface area contributed by atoms with Crippen molar-refractivity contribution >= 4 is 28.7 Å². The lowest BCUT2D eigenvalue weighted by atomic mass is 10.1. The second-order valence-corrected chi connectivity index (χ2v) is 7.12. The molecule has 28 heavy (non-hydrogen) atoms. The normalized spacial score (nSPS) is 10.4. The van der Waals surface area contributed by atoms with Gasteiger partial charge in [-0.05, 0) is 25.0 Å². The standard InChI is InChI=1S/C20H26N2O5S/c1-25-15-9-10-16(17(12-15)26-2)20-21-13-18(28-20)22(14-23)11-7-5-4-6-8-19(24)27-3/h9-10,12-14H,4-8,11H2,1-3H3. The Bertz CT molecular complexity index is 778. The molecule has 1 aromatic carbocycles. The van der Waals surface area contributed by atoms with Crippen LogP contribution in [-0.2, 0) is 14.3 Å². The number of unbranched alkanes of at least 4 members (excludes halogenated alkanes) is 3. The Labute approximate surface area is 169 Å². The van der Waals surface area contributed by atoms with Crippen molar-refractivity contribution < 1.29 is 23.8 Å². The first-order chi connectivity index (χ1) is 13.6. The molecule has 0 saturated carbocycles. The van der Waals surface area contributed by atoms with E-state index in [0.29, 0.717) is 24.5 Å². The third-order valence-corrected chi connectivity index (χ3v) is 5.37. The molecule has 0 N–H and O–H groups in total. The van der Waals surface area contributed by atoms with Crippen LogP contribution in [0.15, 0.2) is 24.4 Å². The zero-order chi connectivity index (χ0) is 20.4. The molecule has 2 rings (SSSR count). The molecule has 0 radical (unpaired) electrons. The summed E-state index contributed by atoms with van der Waals surface area (Å²) in [7, 11) is 4.60. The molecule has 0 saturated heterocycles. The first-order valence-corrected chi connectivity index (χ1v) is 9.91. The summed E-state index contributed by atoms with van der Waals surface area (Å²) in [5.41, 5.74) is 0.855. The molecule has 0 unspecified atom stereocenters. The van der Waals surface area contributed by atoms with Gasteiger partial charge >= 0.3 is 5.97 Å². The van der Waals surface area contributed by atoms with E-state index in [9.17, 15) is 9.59 Å². The fourth-order valence-electron chi connectivity index (χ4n) is 2.72. The van der Waals surface area contributed by atoms with Crippen molar-refractivity contribution in [2.45, 2.75) is 32.1 Å². The zero-order valence-corrected chi connectivity index (χ0v) is 17.3. The van der Waals surface area contributed by atoms with Crippen molar-refractivity contribution in [1.29, 1.82) is 0 Å². The van der Waals surface area contributed by atoms with Crippen molar-refractivity contribution in [3.05, 3.63) is 24.4 Å². The molecule has 0 aliphatic carbocycles. The summed E-state index contributed by atoms with van der Waals surface area (Å²) in [6, 6.07) is 5.56. The highest BCUT2D eigenvalue weighted by molar-refractivity contribution is 7.19. The molecular formula is C20H26N2O5S. The van der Waals surface area contributed by atoms with Crippen molar-refractivity contribution in [1.82, 2.24) is 4.98 Å². The van der Waals surface area contributed by atoms with Crippen LogP contribution in [0, 0.1) is 0 Å². The van der Waals surface area contributed by atoms with Gasteiger partial charge in [0, 0.05) is 19.0 Å². The number of benzene rings is 1. The molecule has 7 nitrogen and oxygen atoms in total. The molecule has 152 valence electrons. The molecule has 1 aromatic heterocycles. The highest BCUT2D eigenvalue weighted by Gasteiger charge is 2.15. The third kappa shape index (κ3) is 5.95. The lowest BCUT2D eigenvalue weighted by Gasteiger charge is -2.14. The number of carbonyl (C=O) groups excluding carboxylic acids is 2. The van der Waals surface area contributed by atoms with Gasteiger partial charge in [-0.3, -0.25) is 9.59 Å². The highest BCUT2D eigenvalue weighted by atomic mass is 32.1. The largest absolute Gasteiger partial charge is 0.497 e. The molecular weight excluding hydrogens is 380 g/mol. The van der Waals surface area contributed by atoms with E-state index in [1.165, 1.54) is 18.4 Å². The summed E-state index contributed by atoms with van der Waals surface area (Å²) in [5, 5.41) is 1.57. The van der Waals surface area contributed by atoms with E-state index < -0.39 is 0 Å². The summed E-state index contributed by atoms with van der Waals surface area (Å²) in [5.74, 6) is 1.20. The van der Waals surface area contributed by atoms with E-state index >= 15 is 0 Å². The van der Waals surface area contributed by atoms with Crippen molar-refractivity contribution in [2.24, 2.45) is 0 Å². The van der Waals surface area contributed by atoms with Crippen LogP contribution in [0.4, 0.5) is 5.00 Å². The Morgan fingerprint density at radius 1 is 1.14 bits per heavy atom. The maximum absolute atomic E-state index is 11.5. The van der Waals surface area contributed by atoms with Crippen molar-refractivity contribution in [3.63, 3.8) is 0 Å². The quantitative estimate of drug-likeness (QED) is 0.302. The first-order valence-electron chi connectivity index (χ1n) is 9.10. The van der Waals surface area contributed by atoms with Crippen LogP contribution in [0.25, 0.3) is 10.6 Å². The minimum Gasteiger partial charge on any atom is -0.497 e. The van der Waals surface area contributed by atoms with E-state index in [-0.39, 0.29) is 5.97 Å². The Kier molecular flexibility index (Phi) is 8.74. The second-order valence-electron chi connectivity index (χ2n) is 6.11. The molecule has 0 atom stereocenters. The highest BCUT2D eigenvalue weighted by Crippen LogP contribution is 2.37. The van der Waals surface area contributed by atoms with Crippen LogP contribution >= 0.6 is 11.3 Å². The number of anilines is 1. The van der Waals surface area contributed by atoms with Gasteiger partial charge in [0.05, 0.1) is 33.1 Å². The fourth-order valence-corrected chi connectivity index (χ4v) is 3.66. The number of esters is 1. The average Bonchev–Trinajstić information content (AvgIpc) is 3.22. The second kappa shape index (κ2) is 11.3. The molecule has 1 heterocycles. The topological polar surface area (TPSA) is 78.0 Å². The summed E-state index contributed by atoms with van der Waals surface area (Å²) < 4.78 is 15.3. The number of carbonyl (C=O) groups is 2. The van der Waals surface area contributed by atoms with Crippen LogP contribution < -0.4 is 14.4 Å². The van der Waals surface area contributed by atoms with Crippen LogP contribution in [0.3, 0.4) is 0 Å². The lowest BCUT2D eigenvalue weighted by molar-refractivity contribution is -0.140. The van der Waals surface area contributed by atoms with E-state index in [1.54, 1.807) is 25.3 Å². The Morgan fingerprint density at radius 2 is 1.93 bits per heavy atom. The molecule has 0 fully saturated rings. The number of hydrogen-bond acceptors (Lipinski definition) is 7. The van der Waals surface area contributed by atoms with E-state index in [0.717, 1.165) is 47.7 Å². The summed E-state index contributed by atoms with van der Waals surface area (Å²) in [6.45, 7) is 0.614. The number of amides is 1. The number of thiazole rings is 1. The minimum absolute atomic E-state index is 0.180. The molecule has 1 amide bonds. The van der Waals surface area contributed by atoms with Gasteiger partial charge < -0.3 is 19.1 Å². The Hall–Kier alpha value is -2.61. The molecule has 0 bridgehead atoms. The van der Waals surface area contributed by atoms with Gasteiger partial charge in [-0.1, -0.05) is 24.2 Å². The first kappa shape index (κ1) is 21.7. The molecule has 0 aliphatic rings. The Balaban J connectivity index is 1.94. The number of rotatable bonds is 12. The summed E-state index contributed by atoms with van der Waals surface area (Å²) in [4.78, 5) is 28.7. The number of hydrogen-bond donors (Lipinski definition) is 0. The Morgan fingerprint density at radius 3 is 2.61 bits per heavy atom. The number of ether oxygens (including phenoxy) is 3. The number of aromatic nitrogens is 1. The van der Waals surface area contributed by atoms with E-state index in [2.05, 4.69) is 9.72 Å². The fraction of sp³-hybridized carbons (Fsp3) is 0.450. The monoisotopic (exact) mass is 406 g/mol. The van der Waals surface area contributed by atoms with Crippen molar-refractivity contribution in [2.75, 3.05) is 32.8 Å². The molecule has 2 aromatic rings. The van der Waals surface area contributed by atoms with Crippen LogP contribution in [0.5, 0.6) is 11.5 Å². The van der Waals surface area contributed by atoms with Gasteiger partial charge in [-0.2, -0.15) is 0 Å². The van der Waals surface area contributed by atoms with Crippen LogP contribution in [0.2, 0.25) is 0 Å². The number of methoxy groups -OCH3 is 3. The van der Waals surface area contributed by atoms with Gasteiger partial charge in [0.25, 0.3) is 0 Å². The average molecular weight is 407 g/mol. The van der Waals surface area contributed by atoms with E-state index in [4.69, 9.17) is 9.47 Å². The van der Waals surface area contributed by atoms with Crippen LogP contribution in [0.1, 0.15) is 32.1 Å². The molecule has 0 spiro atoms. The van der Waals surface area contributed by atoms with Crippen LogP contribution in [-0.4, -0.2) is 45.2 Å². The smallest absolute Gasteiger partial charge is 0.305 e. The maximum atomic E-state index is 11.5. The maximum Gasteiger partial charge on any atom is 0.305 e. The molecule has 0 aliphatic heterocycles. The zero-order valence-electron chi connectivity index (χ0n) is 16.5.